The minimum Gasteiger partial charge on any atom is -0.346 e. The lowest BCUT2D eigenvalue weighted by Crippen LogP contribution is -2.10. The summed E-state index contributed by atoms with van der Waals surface area (Å²) in [5.41, 5.74) is 3.51. The maximum Gasteiger partial charge on any atom is 0.0884 e. The zero-order chi connectivity index (χ0) is 11.1. The molecule has 3 rings (SSSR count). The van der Waals surface area contributed by atoms with Crippen LogP contribution in [0.4, 0.5) is 0 Å². The second-order valence-corrected chi connectivity index (χ2v) is 4.81. The fourth-order valence-corrected chi connectivity index (χ4v) is 2.65. The SMILES string of the molecule is Cn1c(C2CCNC2)cc2ncc(Cl)cc21. The zero-order valence-corrected chi connectivity index (χ0v) is 9.96. The molecule has 4 heteroatoms. The summed E-state index contributed by atoms with van der Waals surface area (Å²) in [4.78, 5) is 4.36. The number of rotatable bonds is 1. The van der Waals surface area contributed by atoms with Crippen LogP contribution in [0.25, 0.3) is 11.0 Å². The fraction of sp³-hybridized carbons (Fsp3) is 0.417. The van der Waals surface area contributed by atoms with Crippen molar-refractivity contribution in [3.05, 3.63) is 29.0 Å². The average Bonchev–Trinajstić information content (AvgIpc) is 2.87. The molecule has 0 radical (unpaired) electrons. The van der Waals surface area contributed by atoms with Gasteiger partial charge in [0.05, 0.1) is 16.1 Å². The van der Waals surface area contributed by atoms with Crippen molar-refractivity contribution in [2.24, 2.45) is 7.05 Å². The van der Waals surface area contributed by atoms with Gasteiger partial charge in [0.25, 0.3) is 0 Å². The van der Waals surface area contributed by atoms with E-state index >= 15 is 0 Å². The molecule has 1 unspecified atom stereocenters. The average molecular weight is 236 g/mol. The van der Waals surface area contributed by atoms with Gasteiger partial charge in [-0.2, -0.15) is 0 Å². The molecule has 0 saturated carbocycles. The molecular formula is C12H14ClN3. The van der Waals surface area contributed by atoms with E-state index in [-0.39, 0.29) is 0 Å². The van der Waals surface area contributed by atoms with Gasteiger partial charge in [-0.05, 0) is 25.1 Å². The summed E-state index contributed by atoms with van der Waals surface area (Å²) in [5, 5.41) is 4.09. The van der Waals surface area contributed by atoms with Gasteiger partial charge < -0.3 is 9.88 Å². The van der Waals surface area contributed by atoms with Gasteiger partial charge in [0, 0.05) is 31.4 Å². The Morgan fingerprint density at radius 3 is 3.12 bits per heavy atom. The Hall–Kier alpha value is -1.06. The van der Waals surface area contributed by atoms with Gasteiger partial charge in [-0.3, -0.25) is 4.98 Å². The number of aromatic nitrogens is 2. The maximum absolute atomic E-state index is 5.97. The lowest BCUT2D eigenvalue weighted by atomic mass is 10.1. The molecule has 16 heavy (non-hydrogen) atoms. The smallest absolute Gasteiger partial charge is 0.0884 e. The maximum atomic E-state index is 5.97. The Balaban J connectivity index is 2.15. The highest BCUT2D eigenvalue weighted by atomic mass is 35.5. The number of hydrogen-bond acceptors (Lipinski definition) is 2. The molecule has 1 aliphatic heterocycles. The third-order valence-electron chi connectivity index (χ3n) is 3.38. The second-order valence-electron chi connectivity index (χ2n) is 4.38. The van der Waals surface area contributed by atoms with Crippen LogP contribution in [0.15, 0.2) is 18.3 Å². The second kappa shape index (κ2) is 3.75. The van der Waals surface area contributed by atoms with Gasteiger partial charge in [0.1, 0.15) is 0 Å². The third kappa shape index (κ3) is 1.51. The van der Waals surface area contributed by atoms with Gasteiger partial charge in [-0.15, -0.1) is 0 Å². The molecule has 2 aromatic heterocycles. The van der Waals surface area contributed by atoms with E-state index in [1.54, 1.807) is 6.20 Å². The molecule has 84 valence electrons. The van der Waals surface area contributed by atoms with Crippen LogP contribution in [0.2, 0.25) is 5.02 Å². The first-order valence-electron chi connectivity index (χ1n) is 5.57. The summed E-state index contributed by atoms with van der Waals surface area (Å²) in [6.07, 6.45) is 2.92. The van der Waals surface area contributed by atoms with Crippen molar-refractivity contribution in [1.29, 1.82) is 0 Å². The predicted molar refractivity (Wildman–Crippen MR) is 66.0 cm³/mol. The number of hydrogen-bond donors (Lipinski definition) is 1. The lowest BCUT2D eigenvalue weighted by Gasteiger charge is -2.09. The third-order valence-corrected chi connectivity index (χ3v) is 3.58. The van der Waals surface area contributed by atoms with E-state index in [2.05, 4.69) is 28.0 Å². The van der Waals surface area contributed by atoms with Crippen molar-refractivity contribution in [1.82, 2.24) is 14.9 Å². The molecule has 1 atom stereocenters. The van der Waals surface area contributed by atoms with Crippen molar-refractivity contribution in [2.45, 2.75) is 12.3 Å². The minimum atomic E-state index is 0.609. The minimum absolute atomic E-state index is 0.609. The monoisotopic (exact) mass is 235 g/mol. The Morgan fingerprint density at radius 1 is 1.50 bits per heavy atom. The van der Waals surface area contributed by atoms with Gasteiger partial charge in [-0.1, -0.05) is 11.6 Å². The molecule has 0 aliphatic carbocycles. The molecule has 0 spiro atoms. The van der Waals surface area contributed by atoms with Crippen molar-refractivity contribution in [2.75, 3.05) is 13.1 Å². The molecule has 1 fully saturated rings. The Labute approximate surface area is 99.4 Å². The quantitative estimate of drug-likeness (QED) is 0.822. The summed E-state index contributed by atoms with van der Waals surface area (Å²) < 4.78 is 2.21. The van der Waals surface area contributed by atoms with Crippen LogP contribution >= 0.6 is 11.6 Å². The van der Waals surface area contributed by atoms with Crippen molar-refractivity contribution in [3.8, 4) is 0 Å². The van der Waals surface area contributed by atoms with Crippen LogP contribution in [-0.2, 0) is 7.05 Å². The number of nitrogens with one attached hydrogen (secondary N) is 1. The summed E-state index contributed by atoms with van der Waals surface area (Å²) in [6, 6.07) is 4.17. The molecule has 1 saturated heterocycles. The first kappa shape index (κ1) is 10.1. The number of nitrogens with zero attached hydrogens (tertiary/aromatic N) is 2. The van der Waals surface area contributed by atoms with Gasteiger partial charge >= 0.3 is 0 Å². The van der Waals surface area contributed by atoms with E-state index < -0.39 is 0 Å². The number of fused-ring (bicyclic) bond motifs is 1. The van der Waals surface area contributed by atoms with Crippen LogP contribution in [0.1, 0.15) is 18.0 Å². The van der Waals surface area contributed by atoms with E-state index in [0.29, 0.717) is 10.9 Å². The molecule has 3 heterocycles. The first-order valence-corrected chi connectivity index (χ1v) is 5.95. The molecule has 2 aromatic rings. The summed E-state index contributed by atoms with van der Waals surface area (Å²) in [5.74, 6) is 0.609. The highest BCUT2D eigenvalue weighted by Gasteiger charge is 2.20. The molecular weight excluding hydrogens is 222 g/mol. The molecule has 3 nitrogen and oxygen atoms in total. The highest BCUT2D eigenvalue weighted by Crippen LogP contribution is 2.28. The normalized spacial score (nSPS) is 20.8. The zero-order valence-electron chi connectivity index (χ0n) is 9.20. The van der Waals surface area contributed by atoms with Crippen LogP contribution < -0.4 is 5.32 Å². The first-order chi connectivity index (χ1) is 7.75. The Bertz CT molecular complexity index is 526. The number of aryl methyl sites for hydroxylation is 1. The van der Waals surface area contributed by atoms with Gasteiger partial charge in [-0.25, -0.2) is 0 Å². The summed E-state index contributed by atoms with van der Waals surface area (Å²) in [6.45, 7) is 2.18. The van der Waals surface area contributed by atoms with Gasteiger partial charge in [0.2, 0.25) is 0 Å². The summed E-state index contributed by atoms with van der Waals surface area (Å²) >= 11 is 5.97. The number of halogens is 1. The van der Waals surface area contributed by atoms with Crippen LogP contribution in [0.3, 0.4) is 0 Å². The molecule has 1 N–H and O–H groups in total. The van der Waals surface area contributed by atoms with Crippen molar-refractivity contribution in [3.63, 3.8) is 0 Å². The lowest BCUT2D eigenvalue weighted by molar-refractivity contribution is 0.694. The Morgan fingerprint density at radius 2 is 2.38 bits per heavy atom. The van der Waals surface area contributed by atoms with E-state index in [1.165, 1.54) is 12.1 Å². The highest BCUT2D eigenvalue weighted by molar-refractivity contribution is 6.31. The van der Waals surface area contributed by atoms with E-state index in [1.807, 2.05) is 6.07 Å². The van der Waals surface area contributed by atoms with Crippen molar-refractivity contribution >= 4 is 22.6 Å². The molecule has 0 aromatic carbocycles. The molecule has 0 bridgehead atoms. The largest absolute Gasteiger partial charge is 0.346 e. The Kier molecular flexibility index (Phi) is 2.37. The van der Waals surface area contributed by atoms with Crippen molar-refractivity contribution < 1.29 is 0 Å². The molecule has 1 aliphatic rings. The standard InChI is InChI=1S/C12H14ClN3/c1-16-11(8-2-3-14-6-8)5-10-12(16)4-9(13)7-15-10/h4-5,7-8,14H,2-3,6H2,1H3. The van der Waals surface area contributed by atoms with Crippen LogP contribution in [0, 0.1) is 0 Å². The van der Waals surface area contributed by atoms with E-state index in [9.17, 15) is 0 Å². The van der Waals surface area contributed by atoms with Gasteiger partial charge in [0.15, 0.2) is 0 Å². The number of pyridine rings is 1. The predicted octanol–water partition coefficient (Wildman–Crippen LogP) is 2.30. The topological polar surface area (TPSA) is 29.9 Å². The van der Waals surface area contributed by atoms with E-state index in [4.69, 9.17) is 11.6 Å². The van der Waals surface area contributed by atoms with E-state index in [0.717, 1.165) is 24.1 Å². The van der Waals surface area contributed by atoms with Crippen LogP contribution in [-0.4, -0.2) is 22.6 Å². The fourth-order valence-electron chi connectivity index (χ4n) is 2.49. The van der Waals surface area contributed by atoms with Crippen LogP contribution in [0.5, 0.6) is 0 Å². The summed E-state index contributed by atoms with van der Waals surface area (Å²) in [7, 11) is 2.09. The molecule has 0 amide bonds.